The Bertz CT molecular complexity index is 520. The molecule has 0 amide bonds. The smallest absolute Gasteiger partial charge is 0.193 e. The molecule has 0 bridgehead atoms. The van der Waals surface area contributed by atoms with E-state index in [4.69, 9.17) is 0 Å². The molecule has 24 heavy (non-hydrogen) atoms. The normalized spacial score (nSPS) is 19.8. The second-order valence-corrected chi connectivity index (χ2v) is 7.43. The van der Waals surface area contributed by atoms with Gasteiger partial charge in [-0.1, -0.05) is 20.3 Å². The maximum absolute atomic E-state index is 4.47. The molecule has 0 aromatic carbocycles. The maximum atomic E-state index is 4.47. The van der Waals surface area contributed by atoms with Gasteiger partial charge in [0.05, 0.1) is 6.54 Å². The first-order valence-corrected chi connectivity index (χ1v) is 9.27. The van der Waals surface area contributed by atoms with Crippen molar-refractivity contribution in [3.05, 3.63) is 24.0 Å². The first-order chi connectivity index (χ1) is 11.5. The molecule has 1 aliphatic rings. The van der Waals surface area contributed by atoms with Gasteiger partial charge in [-0.15, -0.1) is 0 Å². The lowest BCUT2D eigenvalue weighted by Gasteiger charge is -2.37. The predicted molar refractivity (Wildman–Crippen MR) is 102 cm³/mol. The zero-order chi connectivity index (χ0) is 17.5. The number of hydrogen-bond donors (Lipinski definition) is 1. The highest BCUT2D eigenvalue weighted by Gasteiger charge is 2.23. The highest BCUT2D eigenvalue weighted by atomic mass is 15.3. The summed E-state index contributed by atoms with van der Waals surface area (Å²) < 4.78 is 2.16. The number of piperidine rings is 1. The van der Waals surface area contributed by atoms with Gasteiger partial charge in [-0.25, -0.2) is 0 Å². The van der Waals surface area contributed by atoms with E-state index >= 15 is 0 Å². The van der Waals surface area contributed by atoms with E-state index in [0.29, 0.717) is 6.04 Å². The van der Waals surface area contributed by atoms with Gasteiger partial charge in [0.2, 0.25) is 0 Å². The van der Waals surface area contributed by atoms with Crippen LogP contribution in [0.4, 0.5) is 0 Å². The molecular formula is C19H35N5. The number of nitrogens with one attached hydrogen (secondary N) is 1. The second-order valence-electron chi connectivity index (χ2n) is 7.43. The monoisotopic (exact) mass is 333 g/mol. The molecule has 1 aliphatic heterocycles. The van der Waals surface area contributed by atoms with Crippen LogP contribution in [-0.2, 0) is 13.6 Å². The van der Waals surface area contributed by atoms with Crippen LogP contribution >= 0.6 is 0 Å². The molecule has 1 fully saturated rings. The number of aromatic nitrogens is 1. The van der Waals surface area contributed by atoms with Crippen LogP contribution in [-0.4, -0.2) is 60.1 Å². The van der Waals surface area contributed by atoms with Gasteiger partial charge in [0.15, 0.2) is 5.96 Å². The molecule has 5 nitrogen and oxygen atoms in total. The molecule has 0 saturated carbocycles. The fraction of sp³-hybridized carbons (Fsp3) is 0.737. The van der Waals surface area contributed by atoms with E-state index in [-0.39, 0.29) is 0 Å². The highest BCUT2D eigenvalue weighted by molar-refractivity contribution is 5.79. The van der Waals surface area contributed by atoms with Crippen molar-refractivity contribution >= 4 is 5.96 Å². The predicted octanol–water partition coefficient (Wildman–Crippen LogP) is 2.54. The Hall–Kier alpha value is -1.49. The Morgan fingerprint density at radius 3 is 2.83 bits per heavy atom. The lowest BCUT2D eigenvalue weighted by Crippen LogP contribution is -2.50. The van der Waals surface area contributed by atoms with Gasteiger partial charge < -0.3 is 14.8 Å². The van der Waals surface area contributed by atoms with Crippen LogP contribution in [0.5, 0.6) is 0 Å². The molecule has 0 radical (unpaired) electrons. The third-order valence-corrected chi connectivity index (χ3v) is 4.87. The lowest BCUT2D eigenvalue weighted by molar-refractivity contribution is 0.133. The van der Waals surface area contributed by atoms with Crippen molar-refractivity contribution < 1.29 is 0 Å². The van der Waals surface area contributed by atoms with Crippen molar-refractivity contribution in [2.45, 2.75) is 45.7 Å². The maximum Gasteiger partial charge on any atom is 0.193 e. The van der Waals surface area contributed by atoms with Crippen LogP contribution in [0.3, 0.4) is 0 Å². The molecule has 1 atom stereocenters. The molecule has 1 saturated heterocycles. The first kappa shape index (κ1) is 18.8. The summed E-state index contributed by atoms with van der Waals surface area (Å²) in [6, 6.07) is 4.88. The summed E-state index contributed by atoms with van der Waals surface area (Å²) in [4.78, 5) is 9.33. The molecule has 1 aromatic rings. The van der Waals surface area contributed by atoms with Gasteiger partial charge in [0, 0.05) is 52.2 Å². The molecule has 136 valence electrons. The molecule has 1 aromatic heterocycles. The molecule has 2 rings (SSSR count). The summed E-state index contributed by atoms with van der Waals surface area (Å²) >= 11 is 0. The zero-order valence-corrected chi connectivity index (χ0v) is 16.1. The van der Waals surface area contributed by atoms with Crippen LogP contribution in [0.1, 0.15) is 38.8 Å². The third-order valence-electron chi connectivity index (χ3n) is 4.87. The number of aryl methyl sites for hydroxylation is 1. The van der Waals surface area contributed by atoms with Gasteiger partial charge in [-0.3, -0.25) is 9.89 Å². The summed E-state index contributed by atoms with van der Waals surface area (Å²) in [5, 5.41) is 3.60. The van der Waals surface area contributed by atoms with Crippen molar-refractivity contribution in [2.24, 2.45) is 18.0 Å². The van der Waals surface area contributed by atoms with Crippen molar-refractivity contribution in [1.82, 2.24) is 19.7 Å². The molecule has 0 spiro atoms. The molecular weight excluding hydrogens is 298 g/mol. The Balaban J connectivity index is 1.88. The van der Waals surface area contributed by atoms with Gasteiger partial charge >= 0.3 is 0 Å². The van der Waals surface area contributed by atoms with Crippen molar-refractivity contribution in [2.75, 3.05) is 33.7 Å². The Labute approximate surface area is 147 Å². The molecule has 1 unspecified atom stereocenters. The number of rotatable bonds is 6. The third kappa shape index (κ3) is 5.26. The molecule has 2 heterocycles. The van der Waals surface area contributed by atoms with Crippen LogP contribution in [0.15, 0.2) is 23.3 Å². The van der Waals surface area contributed by atoms with Gasteiger partial charge in [-0.05, 0) is 37.4 Å². The van der Waals surface area contributed by atoms with E-state index in [9.17, 15) is 0 Å². The minimum absolute atomic E-state index is 0.626. The number of aliphatic imine (C=N–C) groups is 1. The fourth-order valence-corrected chi connectivity index (χ4v) is 3.57. The zero-order valence-electron chi connectivity index (χ0n) is 16.1. The highest BCUT2D eigenvalue weighted by Crippen LogP contribution is 2.18. The van der Waals surface area contributed by atoms with Crippen molar-refractivity contribution in [3.63, 3.8) is 0 Å². The quantitative estimate of drug-likeness (QED) is 0.642. The van der Waals surface area contributed by atoms with Gasteiger partial charge in [-0.2, -0.15) is 0 Å². The average Bonchev–Trinajstić information content (AvgIpc) is 2.94. The Morgan fingerprint density at radius 2 is 2.21 bits per heavy atom. The largest absolute Gasteiger partial charge is 0.355 e. The van der Waals surface area contributed by atoms with E-state index < -0.39 is 0 Å². The van der Waals surface area contributed by atoms with Crippen LogP contribution in [0.2, 0.25) is 0 Å². The Kier molecular flexibility index (Phi) is 7.16. The fourth-order valence-electron chi connectivity index (χ4n) is 3.57. The van der Waals surface area contributed by atoms with Crippen molar-refractivity contribution in [1.29, 1.82) is 0 Å². The van der Waals surface area contributed by atoms with Crippen molar-refractivity contribution in [3.8, 4) is 0 Å². The number of likely N-dealkylation sites (tertiary alicyclic amines) is 1. The minimum atomic E-state index is 0.626. The molecule has 0 aliphatic carbocycles. The van der Waals surface area contributed by atoms with E-state index in [0.717, 1.165) is 25.0 Å². The summed E-state index contributed by atoms with van der Waals surface area (Å²) in [5.74, 6) is 1.70. The van der Waals surface area contributed by atoms with E-state index in [1.54, 1.807) is 0 Å². The molecule has 5 heteroatoms. The lowest BCUT2D eigenvalue weighted by atomic mass is 10.0. The van der Waals surface area contributed by atoms with Crippen LogP contribution in [0.25, 0.3) is 0 Å². The topological polar surface area (TPSA) is 35.8 Å². The standard InChI is InChI=1S/C19H35N5/c1-16(2)14-24-12-7-6-9-17(24)13-21-19(20-3)23(5)15-18-10-8-11-22(18)4/h8,10-11,16-17H,6-7,9,12-15H2,1-5H3,(H,20,21). The summed E-state index contributed by atoms with van der Waals surface area (Å²) in [6.07, 6.45) is 6.06. The van der Waals surface area contributed by atoms with Gasteiger partial charge in [0.1, 0.15) is 0 Å². The second kappa shape index (κ2) is 9.11. The van der Waals surface area contributed by atoms with E-state index in [2.05, 4.69) is 70.9 Å². The minimum Gasteiger partial charge on any atom is -0.355 e. The number of hydrogen-bond acceptors (Lipinski definition) is 2. The number of nitrogens with zero attached hydrogens (tertiary/aromatic N) is 4. The van der Waals surface area contributed by atoms with Gasteiger partial charge in [0.25, 0.3) is 0 Å². The summed E-state index contributed by atoms with van der Waals surface area (Å²) in [6.45, 7) is 8.91. The SMILES string of the molecule is CN=C(NCC1CCCCN1CC(C)C)N(C)Cc1cccn1C. The summed E-state index contributed by atoms with van der Waals surface area (Å²) in [7, 11) is 6.07. The first-order valence-electron chi connectivity index (χ1n) is 9.27. The van der Waals surface area contributed by atoms with E-state index in [1.807, 2.05) is 7.05 Å². The summed E-state index contributed by atoms with van der Waals surface area (Å²) in [5.41, 5.74) is 1.29. The molecule has 1 N–H and O–H groups in total. The van der Waals surface area contributed by atoms with E-state index in [1.165, 1.54) is 38.0 Å². The van der Waals surface area contributed by atoms with Crippen LogP contribution < -0.4 is 5.32 Å². The Morgan fingerprint density at radius 1 is 1.42 bits per heavy atom. The number of guanidine groups is 1. The van der Waals surface area contributed by atoms with Crippen LogP contribution in [0, 0.1) is 5.92 Å². The average molecular weight is 334 g/mol.